The lowest BCUT2D eigenvalue weighted by atomic mass is 10.1. The molecule has 0 aliphatic heterocycles. The average molecular weight is 341 g/mol. The first kappa shape index (κ1) is 16.2. The second-order valence-corrected chi connectivity index (χ2v) is 6.50. The van der Waals surface area contributed by atoms with E-state index < -0.39 is 0 Å². The van der Waals surface area contributed by atoms with Crippen molar-refractivity contribution in [3.8, 4) is 23.1 Å². The molecule has 1 aromatic heterocycles. The van der Waals surface area contributed by atoms with Crippen LogP contribution in [-0.2, 0) is 0 Å². The average Bonchev–Trinajstić information content (AvgIpc) is 3.47. The third-order valence-electron chi connectivity index (χ3n) is 4.70. The molecule has 2 aromatic carbocycles. The Hall–Kier alpha value is -3.32. The number of nitriles is 1. The van der Waals surface area contributed by atoms with E-state index in [2.05, 4.69) is 34.6 Å². The minimum atomic E-state index is 0.465. The zero-order valence-electron chi connectivity index (χ0n) is 14.5. The third kappa shape index (κ3) is 3.38. The number of hydrogen-bond acceptors (Lipinski definition) is 4. The summed E-state index contributed by atoms with van der Waals surface area (Å²) in [4.78, 5) is 4.61. The van der Waals surface area contributed by atoms with Crippen molar-refractivity contribution in [3.63, 3.8) is 0 Å². The van der Waals surface area contributed by atoms with Gasteiger partial charge >= 0.3 is 0 Å². The summed E-state index contributed by atoms with van der Waals surface area (Å²) in [5, 5.41) is 12.7. The van der Waals surface area contributed by atoms with Crippen LogP contribution in [0.3, 0.4) is 0 Å². The van der Waals surface area contributed by atoms with Crippen LogP contribution in [0.15, 0.2) is 66.9 Å². The van der Waals surface area contributed by atoms with Gasteiger partial charge in [-0.05, 0) is 48.4 Å². The Morgan fingerprint density at radius 1 is 1.12 bits per heavy atom. The van der Waals surface area contributed by atoms with Crippen molar-refractivity contribution in [2.45, 2.75) is 18.4 Å². The number of aromatic nitrogens is 1. The summed E-state index contributed by atoms with van der Waals surface area (Å²) in [6.07, 6.45) is 3.06. The first-order valence-corrected chi connectivity index (χ1v) is 8.64. The Kier molecular flexibility index (Phi) is 4.28. The summed E-state index contributed by atoms with van der Waals surface area (Å²) in [6, 6.07) is 22.5. The van der Waals surface area contributed by atoms with Crippen LogP contribution in [-0.4, -0.2) is 18.1 Å². The van der Waals surface area contributed by atoms with E-state index in [1.165, 1.54) is 5.56 Å². The summed E-state index contributed by atoms with van der Waals surface area (Å²) >= 11 is 0. The van der Waals surface area contributed by atoms with Gasteiger partial charge in [0.15, 0.2) is 0 Å². The molecule has 0 radical (unpaired) electrons. The number of anilines is 1. The van der Waals surface area contributed by atoms with E-state index in [4.69, 9.17) is 4.74 Å². The number of ether oxygens (including phenoxy) is 1. The minimum Gasteiger partial charge on any atom is -0.497 e. The number of hydrogen-bond donors (Lipinski definition) is 1. The summed E-state index contributed by atoms with van der Waals surface area (Å²) < 4.78 is 5.27. The van der Waals surface area contributed by atoms with Crippen LogP contribution in [0, 0.1) is 11.3 Å². The van der Waals surface area contributed by atoms with E-state index in [0.717, 1.165) is 23.4 Å². The van der Waals surface area contributed by atoms with Crippen molar-refractivity contribution < 1.29 is 4.74 Å². The number of pyridine rings is 1. The topological polar surface area (TPSA) is 57.9 Å². The van der Waals surface area contributed by atoms with Gasteiger partial charge in [-0.2, -0.15) is 5.26 Å². The molecule has 1 fully saturated rings. The van der Waals surface area contributed by atoms with Gasteiger partial charge in [-0.25, -0.2) is 0 Å². The lowest BCUT2D eigenvalue weighted by Crippen LogP contribution is -2.03. The Morgan fingerprint density at radius 3 is 2.65 bits per heavy atom. The number of nitrogens with zero attached hydrogens (tertiary/aromatic N) is 2. The molecule has 0 unspecified atom stereocenters. The van der Waals surface area contributed by atoms with Gasteiger partial charge in [0, 0.05) is 29.4 Å². The largest absolute Gasteiger partial charge is 0.497 e. The van der Waals surface area contributed by atoms with Gasteiger partial charge in [-0.1, -0.05) is 24.3 Å². The molecule has 4 heteroatoms. The van der Waals surface area contributed by atoms with E-state index in [9.17, 15) is 5.26 Å². The SMILES string of the molecule is COc1cc(C#N)cc(-c2ccc([C@@H]3C[C@H]3Nc3ccccc3)cn2)c1. The quantitative estimate of drug-likeness (QED) is 0.737. The fourth-order valence-electron chi connectivity index (χ4n) is 3.20. The molecule has 4 rings (SSSR count). The summed E-state index contributed by atoms with van der Waals surface area (Å²) in [5.41, 5.74) is 4.70. The summed E-state index contributed by atoms with van der Waals surface area (Å²) in [5.74, 6) is 1.16. The maximum atomic E-state index is 9.17. The molecule has 26 heavy (non-hydrogen) atoms. The number of methoxy groups -OCH3 is 1. The molecule has 1 aliphatic rings. The third-order valence-corrected chi connectivity index (χ3v) is 4.70. The molecule has 0 spiro atoms. The van der Waals surface area contributed by atoms with Crippen LogP contribution >= 0.6 is 0 Å². The molecule has 2 atom stereocenters. The number of benzene rings is 2. The Labute approximate surface area is 153 Å². The Bertz CT molecular complexity index is 945. The summed E-state index contributed by atoms with van der Waals surface area (Å²) in [7, 11) is 1.60. The van der Waals surface area contributed by atoms with E-state index in [-0.39, 0.29) is 0 Å². The fraction of sp³-hybridized carbons (Fsp3) is 0.182. The standard InChI is InChI=1S/C22H19N3O/c1-26-19-10-15(13-23)9-17(11-19)21-8-7-16(14-24-21)20-12-22(20)25-18-5-3-2-4-6-18/h2-11,14,20,22,25H,12H2,1H3/t20-,22+/m0/s1. The van der Waals surface area contributed by atoms with E-state index in [0.29, 0.717) is 23.3 Å². The van der Waals surface area contributed by atoms with E-state index in [1.54, 1.807) is 13.2 Å². The predicted molar refractivity (Wildman–Crippen MR) is 102 cm³/mol. The molecule has 1 aliphatic carbocycles. The maximum absolute atomic E-state index is 9.17. The Morgan fingerprint density at radius 2 is 1.96 bits per heavy atom. The Balaban J connectivity index is 1.49. The first-order valence-electron chi connectivity index (χ1n) is 8.64. The highest BCUT2D eigenvalue weighted by atomic mass is 16.5. The molecule has 128 valence electrons. The van der Waals surface area contributed by atoms with Crippen LogP contribution in [0.4, 0.5) is 5.69 Å². The van der Waals surface area contributed by atoms with Crippen molar-refractivity contribution in [2.24, 2.45) is 0 Å². The highest BCUT2D eigenvalue weighted by Gasteiger charge is 2.38. The van der Waals surface area contributed by atoms with Gasteiger partial charge in [-0.3, -0.25) is 4.98 Å². The van der Waals surface area contributed by atoms with Crippen LogP contribution in [0.5, 0.6) is 5.75 Å². The van der Waals surface area contributed by atoms with Crippen LogP contribution < -0.4 is 10.1 Å². The molecule has 3 aromatic rings. The normalized spacial score (nSPS) is 18.0. The van der Waals surface area contributed by atoms with Crippen LogP contribution in [0.2, 0.25) is 0 Å². The van der Waals surface area contributed by atoms with Crippen molar-refractivity contribution in [2.75, 3.05) is 12.4 Å². The monoisotopic (exact) mass is 341 g/mol. The number of para-hydroxylation sites is 1. The second-order valence-electron chi connectivity index (χ2n) is 6.50. The predicted octanol–water partition coefficient (Wildman–Crippen LogP) is 4.60. The molecular formula is C22H19N3O. The zero-order chi connectivity index (χ0) is 17.9. The van der Waals surface area contributed by atoms with Gasteiger partial charge in [0.25, 0.3) is 0 Å². The molecular weight excluding hydrogens is 322 g/mol. The zero-order valence-corrected chi connectivity index (χ0v) is 14.5. The molecule has 1 heterocycles. The van der Waals surface area contributed by atoms with Crippen molar-refractivity contribution >= 4 is 5.69 Å². The molecule has 0 bridgehead atoms. The lowest BCUT2D eigenvalue weighted by molar-refractivity contribution is 0.415. The van der Waals surface area contributed by atoms with Crippen LogP contribution in [0.25, 0.3) is 11.3 Å². The highest BCUT2D eigenvalue weighted by Crippen LogP contribution is 2.42. The number of rotatable bonds is 5. The van der Waals surface area contributed by atoms with E-state index >= 15 is 0 Å². The van der Waals surface area contributed by atoms with Gasteiger partial charge in [-0.15, -0.1) is 0 Å². The lowest BCUT2D eigenvalue weighted by Gasteiger charge is -2.08. The second kappa shape index (κ2) is 6.89. The van der Waals surface area contributed by atoms with Crippen molar-refractivity contribution in [3.05, 3.63) is 78.0 Å². The molecule has 0 amide bonds. The van der Waals surface area contributed by atoms with E-state index in [1.807, 2.05) is 42.6 Å². The van der Waals surface area contributed by atoms with Crippen molar-refractivity contribution in [1.82, 2.24) is 4.98 Å². The minimum absolute atomic E-state index is 0.465. The molecule has 4 nitrogen and oxygen atoms in total. The van der Waals surface area contributed by atoms with Crippen molar-refractivity contribution in [1.29, 1.82) is 5.26 Å². The summed E-state index contributed by atoms with van der Waals surface area (Å²) in [6.45, 7) is 0. The molecule has 1 N–H and O–H groups in total. The van der Waals surface area contributed by atoms with Crippen LogP contribution in [0.1, 0.15) is 23.5 Å². The van der Waals surface area contributed by atoms with Gasteiger partial charge in [0.1, 0.15) is 5.75 Å². The van der Waals surface area contributed by atoms with Gasteiger partial charge in [0.05, 0.1) is 24.4 Å². The fourth-order valence-corrected chi connectivity index (χ4v) is 3.20. The van der Waals surface area contributed by atoms with Gasteiger partial charge in [0.2, 0.25) is 0 Å². The highest BCUT2D eigenvalue weighted by molar-refractivity contribution is 5.64. The molecule has 1 saturated carbocycles. The number of nitrogens with one attached hydrogen (secondary N) is 1. The van der Waals surface area contributed by atoms with Gasteiger partial charge < -0.3 is 10.1 Å². The smallest absolute Gasteiger partial charge is 0.120 e. The maximum Gasteiger partial charge on any atom is 0.120 e. The molecule has 0 saturated heterocycles. The first-order chi connectivity index (χ1) is 12.8.